The van der Waals surface area contributed by atoms with Crippen LogP contribution in [-0.2, 0) is 10.0 Å². The number of sulfonamides is 1. The lowest BCUT2D eigenvalue weighted by Gasteiger charge is -2.34. The molecular weight excluding hydrogens is 250 g/mol. The minimum atomic E-state index is -3.72. The summed E-state index contributed by atoms with van der Waals surface area (Å²) in [7, 11) is -3.72. The number of benzene rings is 1. The average molecular weight is 265 g/mol. The molecule has 0 saturated heterocycles. The number of nitrogens with two attached hydrogens (primary N) is 1. The number of rotatable bonds is 3. The molecule has 2 rings (SSSR count). The van der Waals surface area contributed by atoms with Crippen LogP contribution in [0.4, 0.5) is 0 Å². The summed E-state index contributed by atoms with van der Waals surface area (Å²) in [5.41, 5.74) is -0.996. The van der Waals surface area contributed by atoms with E-state index in [9.17, 15) is 8.42 Å². The molecule has 4 nitrogen and oxygen atoms in total. The second-order valence-corrected chi connectivity index (χ2v) is 6.04. The van der Waals surface area contributed by atoms with Crippen molar-refractivity contribution in [3.8, 4) is 5.75 Å². The van der Waals surface area contributed by atoms with Gasteiger partial charge in [0.2, 0.25) is 10.0 Å². The standard InChI is InChI=1S/C13H15NO3S/c1-13(17-11-7-3-2-4-8-11)10-6-5-9-12(13)18(14,15)16/h2-10,12H,1H3,(H2,14,15,16). The van der Waals surface area contributed by atoms with Gasteiger partial charge in [-0.2, -0.15) is 0 Å². The van der Waals surface area contributed by atoms with Gasteiger partial charge in [-0.05, 0) is 25.1 Å². The number of hydrogen-bond donors (Lipinski definition) is 1. The van der Waals surface area contributed by atoms with Crippen molar-refractivity contribution in [1.82, 2.24) is 0 Å². The molecule has 18 heavy (non-hydrogen) atoms. The molecule has 0 aliphatic heterocycles. The third kappa shape index (κ3) is 2.63. The Hall–Kier alpha value is -1.59. The highest BCUT2D eigenvalue weighted by Gasteiger charge is 2.41. The molecule has 5 heteroatoms. The maximum atomic E-state index is 11.6. The van der Waals surface area contributed by atoms with Crippen LogP contribution < -0.4 is 9.88 Å². The third-order valence-electron chi connectivity index (χ3n) is 2.82. The van der Waals surface area contributed by atoms with E-state index in [2.05, 4.69) is 0 Å². The van der Waals surface area contributed by atoms with E-state index in [4.69, 9.17) is 9.88 Å². The first kappa shape index (κ1) is 12.9. The van der Waals surface area contributed by atoms with Crippen molar-refractivity contribution in [3.05, 3.63) is 54.6 Å². The van der Waals surface area contributed by atoms with Gasteiger partial charge in [0.15, 0.2) is 0 Å². The zero-order chi connectivity index (χ0) is 13.2. The summed E-state index contributed by atoms with van der Waals surface area (Å²) in [5.74, 6) is 0.605. The van der Waals surface area contributed by atoms with E-state index in [1.54, 1.807) is 37.3 Å². The van der Waals surface area contributed by atoms with E-state index in [0.29, 0.717) is 5.75 Å². The molecular formula is C13H15NO3S. The van der Waals surface area contributed by atoms with E-state index in [0.717, 1.165) is 0 Å². The molecule has 1 aliphatic carbocycles. The number of para-hydroxylation sites is 1. The van der Waals surface area contributed by atoms with Gasteiger partial charge in [-0.25, -0.2) is 13.6 Å². The number of primary sulfonamides is 1. The van der Waals surface area contributed by atoms with Gasteiger partial charge >= 0.3 is 0 Å². The minimum absolute atomic E-state index is 0.605. The van der Waals surface area contributed by atoms with Gasteiger partial charge in [0.05, 0.1) is 0 Å². The molecule has 0 radical (unpaired) electrons. The van der Waals surface area contributed by atoms with Crippen LogP contribution in [0.15, 0.2) is 54.6 Å². The van der Waals surface area contributed by atoms with E-state index in [-0.39, 0.29) is 0 Å². The fourth-order valence-electron chi connectivity index (χ4n) is 1.97. The summed E-state index contributed by atoms with van der Waals surface area (Å²) in [6.45, 7) is 1.70. The van der Waals surface area contributed by atoms with Crippen molar-refractivity contribution in [3.63, 3.8) is 0 Å². The van der Waals surface area contributed by atoms with Gasteiger partial charge in [0, 0.05) is 0 Å². The summed E-state index contributed by atoms with van der Waals surface area (Å²) in [4.78, 5) is 0. The Morgan fingerprint density at radius 3 is 2.50 bits per heavy atom. The first-order chi connectivity index (χ1) is 8.42. The summed E-state index contributed by atoms with van der Waals surface area (Å²) in [6.07, 6.45) is 6.66. The molecule has 0 saturated carbocycles. The molecule has 0 heterocycles. The van der Waals surface area contributed by atoms with Crippen molar-refractivity contribution in [2.45, 2.75) is 17.8 Å². The summed E-state index contributed by atoms with van der Waals surface area (Å²) in [6, 6.07) is 9.07. The van der Waals surface area contributed by atoms with Crippen molar-refractivity contribution in [2.24, 2.45) is 5.14 Å². The minimum Gasteiger partial charge on any atom is -0.482 e. The van der Waals surface area contributed by atoms with Gasteiger partial charge in [-0.1, -0.05) is 36.4 Å². The van der Waals surface area contributed by atoms with E-state index in [1.165, 1.54) is 6.08 Å². The van der Waals surface area contributed by atoms with Gasteiger partial charge in [-0.15, -0.1) is 0 Å². The molecule has 2 atom stereocenters. The topological polar surface area (TPSA) is 69.4 Å². The lowest BCUT2D eigenvalue weighted by Crippen LogP contribution is -2.49. The Balaban J connectivity index is 2.34. The predicted octanol–water partition coefficient (Wildman–Crippen LogP) is 1.61. The van der Waals surface area contributed by atoms with E-state index < -0.39 is 20.9 Å². The molecule has 0 fully saturated rings. The molecule has 1 aromatic rings. The Bertz CT molecular complexity index is 578. The maximum Gasteiger partial charge on any atom is 0.219 e. The summed E-state index contributed by atoms with van der Waals surface area (Å²) >= 11 is 0. The number of hydrogen-bond acceptors (Lipinski definition) is 3. The van der Waals surface area contributed by atoms with E-state index >= 15 is 0 Å². The molecule has 0 aromatic heterocycles. The second-order valence-electron chi connectivity index (χ2n) is 4.35. The van der Waals surface area contributed by atoms with Crippen LogP contribution >= 0.6 is 0 Å². The molecule has 2 unspecified atom stereocenters. The van der Waals surface area contributed by atoms with E-state index in [1.807, 2.05) is 18.2 Å². The van der Waals surface area contributed by atoms with Gasteiger partial charge in [-0.3, -0.25) is 0 Å². The Labute approximate surface area is 107 Å². The highest BCUT2D eigenvalue weighted by atomic mass is 32.2. The molecule has 0 bridgehead atoms. The first-order valence-electron chi connectivity index (χ1n) is 5.53. The molecule has 1 aromatic carbocycles. The Morgan fingerprint density at radius 2 is 1.89 bits per heavy atom. The highest BCUT2D eigenvalue weighted by Crippen LogP contribution is 2.28. The lowest BCUT2D eigenvalue weighted by molar-refractivity contribution is 0.145. The summed E-state index contributed by atoms with van der Waals surface area (Å²) < 4.78 is 29.0. The SMILES string of the molecule is CC1(Oc2ccccc2)C=CC=CC1S(N)(=O)=O. The smallest absolute Gasteiger partial charge is 0.219 e. The van der Waals surface area contributed by atoms with Gasteiger partial charge in [0.25, 0.3) is 0 Å². The van der Waals surface area contributed by atoms with Crippen LogP contribution in [0.25, 0.3) is 0 Å². The fourth-order valence-corrected chi connectivity index (χ4v) is 3.06. The highest BCUT2D eigenvalue weighted by molar-refractivity contribution is 7.90. The Kier molecular flexibility index (Phi) is 3.28. The fraction of sp³-hybridized carbons (Fsp3) is 0.231. The van der Waals surface area contributed by atoms with Crippen molar-refractivity contribution in [1.29, 1.82) is 0 Å². The van der Waals surface area contributed by atoms with Crippen LogP contribution in [0.2, 0.25) is 0 Å². The quantitative estimate of drug-likeness (QED) is 0.902. The average Bonchev–Trinajstić information content (AvgIpc) is 2.28. The third-order valence-corrected chi connectivity index (χ3v) is 4.16. The van der Waals surface area contributed by atoms with Crippen LogP contribution in [-0.4, -0.2) is 19.3 Å². The first-order valence-corrected chi connectivity index (χ1v) is 7.14. The zero-order valence-corrected chi connectivity index (χ0v) is 10.8. The maximum absolute atomic E-state index is 11.6. The monoisotopic (exact) mass is 265 g/mol. The van der Waals surface area contributed by atoms with Crippen LogP contribution in [0.3, 0.4) is 0 Å². The number of ether oxygens (including phenoxy) is 1. The largest absolute Gasteiger partial charge is 0.482 e. The predicted molar refractivity (Wildman–Crippen MR) is 70.7 cm³/mol. The number of allylic oxidation sites excluding steroid dienone is 2. The van der Waals surface area contributed by atoms with Crippen LogP contribution in [0.5, 0.6) is 5.75 Å². The zero-order valence-electron chi connectivity index (χ0n) is 9.98. The molecule has 96 valence electrons. The van der Waals surface area contributed by atoms with Crippen molar-refractivity contribution < 1.29 is 13.2 Å². The molecule has 1 aliphatic rings. The van der Waals surface area contributed by atoms with Crippen LogP contribution in [0.1, 0.15) is 6.92 Å². The lowest BCUT2D eigenvalue weighted by atomic mass is 9.97. The Morgan fingerprint density at radius 1 is 1.22 bits per heavy atom. The van der Waals surface area contributed by atoms with Crippen LogP contribution in [0, 0.1) is 0 Å². The molecule has 0 amide bonds. The molecule has 2 N–H and O–H groups in total. The normalized spacial score (nSPS) is 27.1. The molecule has 0 spiro atoms. The van der Waals surface area contributed by atoms with Gasteiger partial charge < -0.3 is 4.74 Å². The van der Waals surface area contributed by atoms with Gasteiger partial charge in [0.1, 0.15) is 16.6 Å². The summed E-state index contributed by atoms with van der Waals surface area (Å²) in [5, 5.41) is 4.35. The van der Waals surface area contributed by atoms with Crippen molar-refractivity contribution >= 4 is 10.0 Å². The van der Waals surface area contributed by atoms with Crippen molar-refractivity contribution in [2.75, 3.05) is 0 Å². The second kappa shape index (κ2) is 4.59.